The van der Waals surface area contributed by atoms with Gasteiger partial charge < -0.3 is 10.5 Å². The molecule has 0 unspecified atom stereocenters. The Balaban J connectivity index is 3.38. The first-order chi connectivity index (χ1) is 7.47. The summed E-state index contributed by atoms with van der Waals surface area (Å²) < 4.78 is 5.10. The van der Waals surface area contributed by atoms with Gasteiger partial charge in [0.25, 0.3) is 0 Å². The van der Waals surface area contributed by atoms with Gasteiger partial charge in [0.2, 0.25) is 0 Å². The number of nitrogens with zero attached hydrogens (tertiary/aromatic N) is 1. The highest BCUT2D eigenvalue weighted by Gasteiger charge is 2.21. The van der Waals surface area contributed by atoms with Crippen LogP contribution >= 0.6 is 0 Å². The van der Waals surface area contributed by atoms with E-state index in [4.69, 9.17) is 10.5 Å². The predicted octanol–water partition coefficient (Wildman–Crippen LogP) is 1.78. The van der Waals surface area contributed by atoms with Gasteiger partial charge in [-0.3, -0.25) is 14.9 Å². The molecule has 0 aromatic heterocycles. The fraction of sp³-hybridized carbons (Fsp3) is 0.300. The fourth-order valence-corrected chi connectivity index (χ4v) is 1.29. The number of anilines is 1. The number of nitro benzene ring substituents is 1. The molecule has 0 aliphatic heterocycles. The van der Waals surface area contributed by atoms with Gasteiger partial charge in [-0.05, 0) is 26.0 Å². The average Bonchev–Trinajstić information content (AvgIpc) is 2.16. The third-order valence-corrected chi connectivity index (χ3v) is 1.99. The molecule has 2 N–H and O–H groups in total. The van der Waals surface area contributed by atoms with Crippen LogP contribution in [0.4, 0.5) is 11.4 Å². The molecule has 0 bridgehead atoms. The van der Waals surface area contributed by atoms with Gasteiger partial charge >= 0.3 is 5.69 Å². The van der Waals surface area contributed by atoms with Crippen LogP contribution in [0.1, 0.15) is 24.2 Å². The van der Waals surface area contributed by atoms with Crippen LogP contribution in [0.2, 0.25) is 0 Å². The lowest BCUT2D eigenvalue weighted by Gasteiger charge is -2.07. The number of hydrogen-bond donors (Lipinski definition) is 1. The maximum Gasteiger partial charge on any atom is 0.333 e. The van der Waals surface area contributed by atoms with E-state index in [-0.39, 0.29) is 29.5 Å². The number of ether oxygens (including phenoxy) is 1. The molecule has 0 saturated carbocycles. The molecule has 0 fully saturated rings. The van der Waals surface area contributed by atoms with Crippen molar-refractivity contribution in [1.29, 1.82) is 0 Å². The lowest BCUT2D eigenvalue weighted by atomic mass is 10.1. The predicted molar refractivity (Wildman–Crippen MR) is 58.7 cm³/mol. The van der Waals surface area contributed by atoms with Gasteiger partial charge in [-0.15, -0.1) is 0 Å². The lowest BCUT2D eigenvalue weighted by Crippen LogP contribution is -2.04. The van der Waals surface area contributed by atoms with E-state index in [1.54, 1.807) is 6.92 Å². The van der Waals surface area contributed by atoms with Crippen LogP contribution in [-0.2, 0) is 0 Å². The minimum atomic E-state index is -0.621. The number of carbonyl (C=O) groups excluding carboxylic acids is 1. The first-order valence-electron chi connectivity index (χ1n) is 4.69. The molecule has 6 nitrogen and oxygen atoms in total. The van der Waals surface area contributed by atoms with Crippen molar-refractivity contribution in [3.63, 3.8) is 0 Å². The molecular formula is C10H12N2O4. The van der Waals surface area contributed by atoms with E-state index in [0.29, 0.717) is 5.56 Å². The largest absolute Gasteiger partial charge is 0.487 e. The minimum absolute atomic E-state index is 0.0256. The number of hydrogen-bond acceptors (Lipinski definition) is 5. The standard InChI is InChI=1S/C10H12N2O4/c1-3-16-9-5-7(6(2)13)4-8(11)10(9)12(14)15/h4-5H,3,11H2,1-2H3. The summed E-state index contributed by atoms with van der Waals surface area (Å²) >= 11 is 0. The Kier molecular flexibility index (Phi) is 3.44. The smallest absolute Gasteiger partial charge is 0.333 e. The highest BCUT2D eigenvalue weighted by atomic mass is 16.6. The highest BCUT2D eigenvalue weighted by molar-refractivity contribution is 5.96. The highest BCUT2D eigenvalue weighted by Crippen LogP contribution is 2.34. The Hall–Kier alpha value is -2.11. The number of benzene rings is 1. The number of rotatable bonds is 4. The molecule has 0 atom stereocenters. The Morgan fingerprint density at radius 1 is 1.56 bits per heavy atom. The van der Waals surface area contributed by atoms with Gasteiger partial charge in [0, 0.05) is 5.56 Å². The lowest BCUT2D eigenvalue weighted by molar-refractivity contribution is -0.384. The van der Waals surface area contributed by atoms with Crippen molar-refractivity contribution in [1.82, 2.24) is 0 Å². The van der Waals surface area contributed by atoms with Crippen LogP contribution < -0.4 is 10.5 Å². The van der Waals surface area contributed by atoms with Crippen LogP contribution in [0.3, 0.4) is 0 Å². The molecule has 6 heteroatoms. The summed E-state index contributed by atoms with van der Waals surface area (Å²) in [5.41, 5.74) is 5.45. The number of carbonyl (C=O) groups is 1. The molecular weight excluding hydrogens is 212 g/mol. The molecule has 1 rings (SSSR count). The van der Waals surface area contributed by atoms with Crippen molar-refractivity contribution in [3.8, 4) is 5.75 Å². The second kappa shape index (κ2) is 4.61. The summed E-state index contributed by atoms with van der Waals surface area (Å²) in [4.78, 5) is 21.3. The molecule has 86 valence electrons. The minimum Gasteiger partial charge on any atom is -0.487 e. The van der Waals surface area contributed by atoms with Crippen molar-refractivity contribution in [3.05, 3.63) is 27.8 Å². The van der Waals surface area contributed by atoms with E-state index in [0.717, 1.165) is 0 Å². The van der Waals surface area contributed by atoms with Gasteiger partial charge in [0.05, 0.1) is 11.5 Å². The zero-order valence-electron chi connectivity index (χ0n) is 9.02. The second-order valence-corrected chi connectivity index (χ2v) is 3.16. The van der Waals surface area contributed by atoms with Crippen molar-refractivity contribution in [2.75, 3.05) is 12.3 Å². The SMILES string of the molecule is CCOc1cc(C(C)=O)cc(N)c1[N+](=O)[O-]. The Morgan fingerprint density at radius 3 is 2.62 bits per heavy atom. The summed E-state index contributed by atoms with van der Waals surface area (Å²) in [6.45, 7) is 3.32. The van der Waals surface area contributed by atoms with Crippen molar-refractivity contribution in [2.24, 2.45) is 0 Å². The molecule has 1 aromatic rings. The third kappa shape index (κ3) is 2.28. The molecule has 0 spiro atoms. The zero-order chi connectivity index (χ0) is 12.3. The molecule has 0 saturated heterocycles. The van der Waals surface area contributed by atoms with Crippen molar-refractivity contribution in [2.45, 2.75) is 13.8 Å². The van der Waals surface area contributed by atoms with E-state index in [9.17, 15) is 14.9 Å². The van der Waals surface area contributed by atoms with Crippen LogP contribution in [0.5, 0.6) is 5.75 Å². The Labute approximate surface area is 92.2 Å². The summed E-state index contributed by atoms with van der Waals surface area (Å²) in [6.07, 6.45) is 0. The molecule has 1 aromatic carbocycles. The maximum atomic E-state index is 11.2. The van der Waals surface area contributed by atoms with E-state index in [1.807, 2.05) is 0 Å². The van der Waals surface area contributed by atoms with Crippen molar-refractivity contribution < 1.29 is 14.5 Å². The molecule has 0 amide bonds. The molecule has 0 heterocycles. The van der Waals surface area contributed by atoms with E-state index >= 15 is 0 Å². The molecule has 0 aliphatic carbocycles. The summed E-state index contributed by atoms with van der Waals surface area (Å²) in [6, 6.07) is 2.61. The first-order valence-corrected chi connectivity index (χ1v) is 4.69. The first kappa shape index (κ1) is 12.0. The third-order valence-electron chi connectivity index (χ3n) is 1.99. The number of nitrogens with two attached hydrogens (primary N) is 1. The molecule has 16 heavy (non-hydrogen) atoms. The van der Waals surface area contributed by atoms with Crippen LogP contribution in [0.25, 0.3) is 0 Å². The van der Waals surface area contributed by atoms with Crippen LogP contribution in [0, 0.1) is 10.1 Å². The van der Waals surface area contributed by atoms with Gasteiger partial charge in [0.15, 0.2) is 11.5 Å². The number of ketones is 1. The summed E-state index contributed by atoms with van der Waals surface area (Å²) in [5, 5.41) is 10.8. The number of nitro groups is 1. The Bertz CT molecular complexity index is 443. The number of Topliss-reactive ketones (excluding diaryl/α,β-unsaturated/α-hetero) is 1. The van der Waals surface area contributed by atoms with Crippen molar-refractivity contribution >= 4 is 17.2 Å². The molecule has 0 aliphatic rings. The summed E-state index contributed by atoms with van der Waals surface area (Å²) in [7, 11) is 0. The quantitative estimate of drug-likeness (QED) is 0.364. The monoisotopic (exact) mass is 224 g/mol. The average molecular weight is 224 g/mol. The summed E-state index contributed by atoms with van der Waals surface area (Å²) in [5.74, 6) is -0.194. The van der Waals surface area contributed by atoms with Crippen LogP contribution in [0.15, 0.2) is 12.1 Å². The number of nitrogen functional groups attached to an aromatic ring is 1. The van der Waals surface area contributed by atoms with E-state index in [1.165, 1.54) is 19.1 Å². The molecule has 0 radical (unpaired) electrons. The second-order valence-electron chi connectivity index (χ2n) is 3.16. The van der Waals surface area contributed by atoms with E-state index in [2.05, 4.69) is 0 Å². The van der Waals surface area contributed by atoms with Gasteiger partial charge in [0.1, 0.15) is 5.69 Å². The topological polar surface area (TPSA) is 95.5 Å². The fourth-order valence-electron chi connectivity index (χ4n) is 1.29. The van der Waals surface area contributed by atoms with E-state index < -0.39 is 4.92 Å². The zero-order valence-corrected chi connectivity index (χ0v) is 9.02. The van der Waals surface area contributed by atoms with Gasteiger partial charge in [-0.1, -0.05) is 0 Å². The van der Waals surface area contributed by atoms with Gasteiger partial charge in [-0.25, -0.2) is 0 Å². The Morgan fingerprint density at radius 2 is 2.19 bits per heavy atom. The van der Waals surface area contributed by atoms with Gasteiger partial charge in [-0.2, -0.15) is 0 Å². The normalized spacial score (nSPS) is 9.88. The van der Waals surface area contributed by atoms with Crippen LogP contribution in [-0.4, -0.2) is 17.3 Å². The maximum absolute atomic E-state index is 11.2.